The van der Waals surface area contributed by atoms with E-state index in [1.165, 1.54) is 51.4 Å². The molecule has 0 N–H and O–H groups in total. The monoisotopic (exact) mass is 282 g/mol. The van der Waals surface area contributed by atoms with Gasteiger partial charge in [-0.1, -0.05) is 99.8 Å². The summed E-state index contributed by atoms with van der Waals surface area (Å²) >= 11 is 0. The van der Waals surface area contributed by atoms with Gasteiger partial charge in [-0.05, 0) is 29.6 Å². The molecule has 0 aliphatic carbocycles. The minimum atomic E-state index is 0.851. The van der Waals surface area contributed by atoms with Crippen molar-refractivity contribution in [2.24, 2.45) is 29.6 Å². The van der Waals surface area contributed by atoms with Gasteiger partial charge in [0, 0.05) is 0 Å². The largest absolute Gasteiger partial charge is 0.0651 e. The van der Waals surface area contributed by atoms with Crippen molar-refractivity contribution < 1.29 is 0 Å². The van der Waals surface area contributed by atoms with E-state index in [0.717, 1.165) is 29.6 Å². The summed E-state index contributed by atoms with van der Waals surface area (Å²) in [4.78, 5) is 0. The predicted molar refractivity (Wildman–Crippen MR) is 94.1 cm³/mol. The maximum absolute atomic E-state index is 2.48. The molecule has 0 aromatic carbocycles. The lowest BCUT2D eigenvalue weighted by Gasteiger charge is -2.26. The summed E-state index contributed by atoms with van der Waals surface area (Å²) in [6.07, 6.45) is 11.4. The van der Waals surface area contributed by atoms with E-state index in [9.17, 15) is 0 Å². The maximum atomic E-state index is 2.48. The van der Waals surface area contributed by atoms with E-state index in [-0.39, 0.29) is 0 Å². The molecule has 0 aliphatic heterocycles. The molecule has 122 valence electrons. The Morgan fingerprint density at radius 1 is 0.650 bits per heavy atom. The van der Waals surface area contributed by atoms with Crippen LogP contribution in [0.25, 0.3) is 0 Å². The molecule has 3 atom stereocenters. The first-order valence-corrected chi connectivity index (χ1v) is 9.42. The molecule has 0 rings (SSSR count). The van der Waals surface area contributed by atoms with Crippen LogP contribution in [0, 0.1) is 29.6 Å². The van der Waals surface area contributed by atoms with Crippen LogP contribution in [-0.2, 0) is 0 Å². The van der Waals surface area contributed by atoms with Gasteiger partial charge < -0.3 is 0 Å². The van der Waals surface area contributed by atoms with Crippen molar-refractivity contribution in [2.45, 2.75) is 99.8 Å². The quantitative estimate of drug-likeness (QED) is 0.329. The highest BCUT2D eigenvalue weighted by Crippen LogP contribution is 2.29. The van der Waals surface area contributed by atoms with Crippen LogP contribution in [0.5, 0.6) is 0 Å². The summed E-state index contributed by atoms with van der Waals surface area (Å²) in [7, 11) is 0. The predicted octanol–water partition coefficient (Wildman–Crippen LogP) is 7.33. The lowest BCUT2D eigenvalue weighted by molar-refractivity contribution is 0.242. The van der Waals surface area contributed by atoms with Crippen molar-refractivity contribution in [3.63, 3.8) is 0 Å². The summed E-state index contributed by atoms with van der Waals surface area (Å²) in [6.45, 7) is 16.7. The molecule has 0 heteroatoms. The molecule has 0 spiro atoms. The summed E-state index contributed by atoms with van der Waals surface area (Å²) in [5.41, 5.74) is 0. The summed E-state index contributed by atoms with van der Waals surface area (Å²) in [5, 5.41) is 0. The van der Waals surface area contributed by atoms with Crippen molar-refractivity contribution in [2.75, 3.05) is 0 Å². The summed E-state index contributed by atoms with van der Waals surface area (Å²) in [6, 6.07) is 0. The molecule has 3 unspecified atom stereocenters. The normalized spacial score (nSPS) is 16.6. The lowest BCUT2D eigenvalue weighted by atomic mass is 9.79. The SMILES string of the molecule is CCC(CCCCC(C)C(CC)C(C)C)CCC(C)C. The smallest absolute Gasteiger partial charge is 0.0368 e. The highest BCUT2D eigenvalue weighted by molar-refractivity contribution is 4.69. The van der Waals surface area contributed by atoms with Crippen LogP contribution in [0.15, 0.2) is 0 Å². The molecule has 0 heterocycles. The zero-order valence-corrected chi connectivity index (χ0v) is 15.5. The Morgan fingerprint density at radius 3 is 1.70 bits per heavy atom. The van der Waals surface area contributed by atoms with Gasteiger partial charge in [-0.25, -0.2) is 0 Å². The molecular formula is C20H42. The Balaban J connectivity index is 3.82. The number of hydrogen-bond donors (Lipinski definition) is 0. The second-order valence-corrected chi connectivity index (χ2v) is 7.82. The fraction of sp³-hybridized carbons (Fsp3) is 1.00. The van der Waals surface area contributed by atoms with Gasteiger partial charge in [0.1, 0.15) is 0 Å². The second kappa shape index (κ2) is 11.6. The molecule has 0 bridgehead atoms. The standard InChI is InChI=1S/C20H42/c1-8-19(15-14-16(3)4)13-11-10-12-18(7)20(9-2)17(5)6/h16-20H,8-15H2,1-7H3. The molecule has 0 amide bonds. The zero-order valence-electron chi connectivity index (χ0n) is 15.5. The first kappa shape index (κ1) is 20.0. The topological polar surface area (TPSA) is 0 Å². The van der Waals surface area contributed by atoms with Crippen LogP contribution in [0.2, 0.25) is 0 Å². The van der Waals surface area contributed by atoms with Crippen molar-refractivity contribution in [1.82, 2.24) is 0 Å². The number of rotatable bonds is 12. The fourth-order valence-corrected chi connectivity index (χ4v) is 3.77. The summed E-state index contributed by atoms with van der Waals surface area (Å²) in [5.74, 6) is 4.55. The Kier molecular flexibility index (Phi) is 11.6. The third-order valence-corrected chi connectivity index (χ3v) is 5.31. The first-order valence-electron chi connectivity index (χ1n) is 9.42. The van der Waals surface area contributed by atoms with Crippen molar-refractivity contribution in [1.29, 1.82) is 0 Å². The minimum absolute atomic E-state index is 0.851. The van der Waals surface area contributed by atoms with Gasteiger partial charge in [0.05, 0.1) is 0 Å². The summed E-state index contributed by atoms with van der Waals surface area (Å²) < 4.78 is 0. The van der Waals surface area contributed by atoms with E-state index in [1.54, 1.807) is 0 Å². The average molecular weight is 283 g/mol. The van der Waals surface area contributed by atoms with E-state index in [4.69, 9.17) is 0 Å². The Hall–Kier alpha value is 0. The van der Waals surface area contributed by atoms with Gasteiger partial charge >= 0.3 is 0 Å². The van der Waals surface area contributed by atoms with Gasteiger partial charge in [-0.15, -0.1) is 0 Å². The molecule has 0 fully saturated rings. The third kappa shape index (κ3) is 9.03. The highest BCUT2D eigenvalue weighted by atomic mass is 14.2. The van der Waals surface area contributed by atoms with Gasteiger partial charge in [-0.2, -0.15) is 0 Å². The van der Waals surface area contributed by atoms with E-state index in [2.05, 4.69) is 48.5 Å². The Labute approximate surface area is 130 Å². The van der Waals surface area contributed by atoms with Crippen LogP contribution in [0.4, 0.5) is 0 Å². The Morgan fingerprint density at radius 2 is 1.25 bits per heavy atom. The minimum Gasteiger partial charge on any atom is -0.0651 e. The fourth-order valence-electron chi connectivity index (χ4n) is 3.77. The van der Waals surface area contributed by atoms with Gasteiger partial charge in [0.15, 0.2) is 0 Å². The van der Waals surface area contributed by atoms with Crippen LogP contribution < -0.4 is 0 Å². The van der Waals surface area contributed by atoms with Crippen molar-refractivity contribution >= 4 is 0 Å². The van der Waals surface area contributed by atoms with Crippen molar-refractivity contribution in [3.05, 3.63) is 0 Å². The molecule has 0 aliphatic rings. The zero-order chi connectivity index (χ0) is 15.5. The van der Waals surface area contributed by atoms with Crippen LogP contribution in [-0.4, -0.2) is 0 Å². The highest BCUT2D eigenvalue weighted by Gasteiger charge is 2.18. The molecule has 0 saturated carbocycles. The number of unbranched alkanes of at least 4 members (excludes halogenated alkanes) is 1. The molecule has 0 nitrogen and oxygen atoms in total. The molecule has 0 aromatic rings. The molecule has 0 saturated heterocycles. The van der Waals surface area contributed by atoms with Gasteiger partial charge in [-0.3, -0.25) is 0 Å². The maximum Gasteiger partial charge on any atom is -0.0368 e. The van der Waals surface area contributed by atoms with Crippen molar-refractivity contribution in [3.8, 4) is 0 Å². The number of hydrogen-bond acceptors (Lipinski definition) is 0. The van der Waals surface area contributed by atoms with E-state index in [1.807, 2.05) is 0 Å². The molecular weight excluding hydrogens is 240 g/mol. The van der Waals surface area contributed by atoms with E-state index in [0.29, 0.717) is 0 Å². The molecule has 20 heavy (non-hydrogen) atoms. The molecule has 0 aromatic heterocycles. The van der Waals surface area contributed by atoms with E-state index >= 15 is 0 Å². The molecule has 0 radical (unpaired) electrons. The third-order valence-electron chi connectivity index (χ3n) is 5.31. The lowest BCUT2D eigenvalue weighted by Crippen LogP contribution is -2.17. The van der Waals surface area contributed by atoms with Crippen LogP contribution in [0.1, 0.15) is 99.8 Å². The van der Waals surface area contributed by atoms with E-state index < -0.39 is 0 Å². The van der Waals surface area contributed by atoms with Crippen LogP contribution in [0.3, 0.4) is 0 Å². The first-order chi connectivity index (χ1) is 9.42. The van der Waals surface area contributed by atoms with Crippen LogP contribution >= 0.6 is 0 Å². The second-order valence-electron chi connectivity index (χ2n) is 7.82. The average Bonchev–Trinajstić information content (AvgIpc) is 2.38. The van der Waals surface area contributed by atoms with Gasteiger partial charge in [0.2, 0.25) is 0 Å². The van der Waals surface area contributed by atoms with Gasteiger partial charge in [0.25, 0.3) is 0 Å². The Bertz CT molecular complexity index is 204.